The first kappa shape index (κ1) is 14.7. The van der Waals surface area contributed by atoms with Crippen molar-refractivity contribution in [2.75, 3.05) is 38.2 Å². The Morgan fingerprint density at radius 1 is 1.25 bits per heavy atom. The number of nitrogens with zero attached hydrogens (tertiary/aromatic N) is 2. The van der Waals surface area contributed by atoms with E-state index in [0.717, 1.165) is 37.6 Å². The molecular weight excluding hydrogens is 254 g/mol. The number of benzene rings is 1. The van der Waals surface area contributed by atoms with Crippen molar-refractivity contribution < 1.29 is 9.53 Å². The second-order valence-corrected chi connectivity index (χ2v) is 5.03. The number of ether oxygens (including phenoxy) is 1. The average molecular weight is 277 g/mol. The monoisotopic (exact) mass is 277 g/mol. The van der Waals surface area contributed by atoms with Gasteiger partial charge in [-0.05, 0) is 30.7 Å². The van der Waals surface area contributed by atoms with E-state index in [1.807, 2.05) is 36.1 Å². The Morgan fingerprint density at radius 2 is 1.85 bits per heavy atom. The number of methoxy groups -OCH3 is 1. The molecule has 0 bridgehead atoms. The highest BCUT2D eigenvalue weighted by atomic mass is 16.5. The summed E-state index contributed by atoms with van der Waals surface area (Å²) in [6.07, 6.45) is 0.692. The third-order valence-corrected chi connectivity index (χ3v) is 3.79. The topological polar surface area (TPSA) is 58.8 Å². The molecule has 1 atom stereocenters. The fourth-order valence-corrected chi connectivity index (χ4v) is 2.39. The van der Waals surface area contributed by atoms with Crippen LogP contribution in [0.1, 0.15) is 13.3 Å². The molecule has 0 saturated carbocycles. The molecule has 0 unspecified atom stereocenters. The van der Waals surface area contributed by atoms with E-state index < -0.39 is 0 Å². The van der Waals surface area contributed by atoms with E-state index in [4.69, 9.17) is 10.5 Å². The summed E-state index contributed by atoms with van der Waals surface area (Å²) in [4.78, 5) is 16.2. The minimum atomic E-state index is -0.359. The quantitative estimate of drug-likeness (QED) is 0.895. The number of hydrogen-bond donors (Lipinski definition) is 1. The maximum absolute atomic E-state index is 12.0. The number of carbonyl (C=O) groups excluding carboxylic acids is 1. The van der Waals surface area contributed by atoms with Crippen LogP contribution in [0.4, 0.5) is 5.69 Å². The first-order chi connectivity index (χ1) is 9.65. The van der Waals surface area contributed by atoms with Gasteiger partial charge < -0.3 is 20.3 Å². The largest absolute Gasteiger partial charge is 0.497 e. The van der Waals surface area contributed by atoms with Crippen molar-refractivity contribution in [1.82, 2.24) is 4.90 Å². The SMILES string of the molecule is CC[C@H](N)C(=O)N1CCN(c2ccc(OC)cc2)CC1. The Bertz CT molecular complexity index is 439. The van der Waals surface area contributed by atoms with Crippen LogP contribution in [-0.4, -0.2) is 50.1 Å². The van der Waals surface area contributed by atoms with Crippen LogP contribution in [0.2, 0.25) is 0 Å². The van der Waals surface area contributed by atoms with Crippen molar-refractivity contribution in [2.24, 2.45) is 5.73 Å². The summed E-state index contributed by atoms with van der Waals surface area (Å²) in [5, 5.41) is 0. The molecule has 0 aromatic heterocycles. The molecule has 1 amide bonds. The van der Waals surface area contributed by atoms with E-state index in [1.165, 1.54) is 0 Å². The van der Waals surface area contributed by atoms with Crippen molar-refractivity contribution in [2.45, 2.75) is 19.4 Å². The van der Waals surface area contributed by atoms with Crippen molar-refractivity contribution in [3.05, 3.63) is 24.3 Å². The van der Waals surface area contributed by atoms with Crippen LogP contribution < -0.4 is 15.4 Å². The number of piperazine rings is 1. The van der Waals surface area contributed by atoms with Gasteiger partial charge in [0.2, 0.25) is 5.91 Å². The second kappa shape index (κ2) is 6.61. The number of amides is 1. The van der Waals surface area contributed by atoms with Crippen LogP contribution >= 0.6 is 0 Å². The Hall–Kier alpha value is -1.75. The molecule has 1 aliphatic heterocycles. The summed E-state index contributed by atoms with van der Waals surface area (Å²) in [6, 6.07) is 7.66. The maximum atomic E-state index is 12.0. The highest BCUT2D eigenvalue weighted by molar-refractivity contribution is 5.81. The van der Waals surface area contributed by atoms with E-state index in [1.54, 1.807) is 7.11 Å². The van der Waals surface area contributed by atoms with Gasteiger partial charge in [-0.1, -0.05) is 6.92 Å². The van der Waals surface area contributed by atoms with Gasteiger partial charge in [0.15, 0.2) is 0 Å². The molecule has 1 aromatic carbocycles. The Kier molecular flexibility index (Phi) is 4.84. The van der Waals surface area contributed by atoms with Gasteiger partial charge >= 0.3 is 0 Å². The molecule has 0 radical (unpaired) electrons. The molecule has 5 heteroatoms. The molecule has 2 rings (SSSR count). The molecule has 110 valence electrons. The molecule has 0 aliphatic carbocycles. The molecular formula is C15H23N3O2. The first-order valence-electron chi connectivity index (χ1n) is 7.09. The Morgan fingerprint density at radius 3 is 2.35 bits per heavy atom. The second-order valence-electron chi connectivity index (χ2n) is 5.03. The van der Waals surface area contributed by atoms with E-state index in [0.29, 0.717) is 6.42 Å². The highest BCUT2D eigenvalue weighted by Gasteiger charge is 2.24. The summed E-state index contributed by atoms with van der Waals surface area (Å²) in [7, 11) is 1.66. The molecule has 1 saturated heterocycles. The van der Waals surface area contributed by atoms with Gasteiger partial charge in [0, 0.05) is 31.9 Å². The van der Waals surface area contributed by atoms with Gasteiger partial charge in [-0.25, -0.2) is 0 Å². The number of carbonyl (C=O) groups is 1. The fourth-order valence-electron chi connectivity index (χ4n) is 2.39. The molecule has 20 heavy (non-hydrogen) atoms. The lowest BCUT2D eigenvalue weighted by Crippen LogP contribution is -2.53. The van der Waals surface area contributed by atoms with E-state index >= 15 is 0 Å². The van der Waals surface area contributed by atoms with Crippen molar-refractivity contribution >= 4 is 11.6 Å². The number of nitrogens with two attached hydrogens (primary N) is 1. The predicted molar refractivity (Wildman–Crippen MR) is 80.1 cm³/mol. The summed E-state index contributed by atoms with van der Waals surface area (Å²) in [5.41, 5.74) is 6.97. The minimum absolute atomic E-state index is 0.0712. The molecule has 1 fully saturated rings. The molecule has 5 nitrogen and oxygen atoms in total. The smallest absolute Gasteiger partial charge is 0.239 e. The summed E-state index contributed by atoms with van der Waals surface area (Å²) >= 11 is 0. The molecule has 1 aliphatic rings. The molecule has 0 spiro atoms. The van der Waals surface area contributed by atoms with E-state index in [9.17, 15) is 4.79 Å². The van der Waals surface area contributed by atoms with Crippen molar-refractivity contribution in [3.63, 3.8) is 0 Å². The predicted octanol–water partition coefficient (Wildman–Crippen LogP) is 1.08. The summed E-state index contributed by atoms with van der Waals surface area (Å²) in [5.74, 6) is 0.929. The van der Waals surface area contributed by atoms with Crippen LogP contribution in [0, 0.1) is 0 Å². The Labute approximate surface area is 120 Å². The zero-order valence-corrected chi connectivity index (χ0v) is 12.2. The third kappa shape index (κ3) is 3.22. The summed E-state index contributed by atoms with van der Waals surface area (Å²) < 4.78 is 5.16. The number of rotatable bonds is 4. The van der Waals surface area contributed by atoms with E-state index in [2.05, 4.69) is 4.90 Å². The zero-order chi connectivity index (χ0) is 14.5. The molecule has 1 heterocycles. The standard InChI is InChI=1S/C15H23N3O2/c1-3-14(16)15(19)18-10-8-17(9-11-18)12-4-6-13(20-2)7-5-12/h4-7,14H,3,8-11,16H2,1-2H3/t14-/m0/s1. The van der Waals surface area contributed by atoms with Gasteiger partial charge in [-0.2, -0.15) is 0 Å². The van der Waals surface area contributed by atoms with Gasteiger partial charge in [0.25, 0.3) is 0 Å². The van der Waals surface area contributed by atoms with Gasteiger partial charge in [0.1, 0.15) is 5.75 Å². The average Bonchev–Trinajstić information content (AvgIpc) is 2.53. The minimum Gasteiger partial charge on any atom is -0.497 e. The van der Waals surface area contributed by atoms with E-state index in [-0.39, 0.29) is 11.9 Å². The van der Waals surface area contributed by atoms with Crippen LogP contribution in [0.3, 0.4) is 0 Å². The van der Waals surface area contributed by atoms with Crippen LogP contribution in [-0.2, 0) is 4.79 Å². The number of anilines is 1. The molecule has 2 N–H and O–H groups in total. The van der Waals surface area contributed by atoms with Gasteiger partial charge in [-0.3, -0.25) is 4.79 Å². The maximum Gasteiger partial charge on any atom is 0.239 e. The number of hydrogen-bond acceptors (Lipinski definition) is 4. The lowest BCUT2D eigenvalue weighted by molar-refractivity contribution is -0.132. The third-order valence-electron chi connectivity index (χ3n) is 3.79. The van der Waals surface area contributed by atoms with Crippen LogP contribution in [0.15, 0.2) is 24.3 Å². The normalized spacial score (nSPS) is 16.9. The van der Waals surface area contributed by atoms with Crippen molar-refractivity contribution in [1.29, 1.82) is 0 Å². The van der Waals surface area contributed by atoms with Crippen molar-refractivity contribution in [3.8, 4) is 5.75 Å². The molecule has 1 aromatic rings. The van der Waals surface area contributed by atoms with Gasteiger partial charge in [-0.15, -0.1) is 0 Å². The lowest BCUT2D eigenvalue weighted by atomic mass is 10.2. The first-order valence-corrected chi connectivity index (χ1v) is 7.09. The highest BCUT2D eigenvalue weighted by Crippen LogP contribution is 2.20. The lowest BCUT2D eigenvalue weighted by Gasteiger charge is -2.37. The van der Waals surface area contributed by atoms with Crippen LogP contribution in [0.5, 0.6) is 5.75 Å². The fraction of sp³-hybridized carbons (Fsp3) is 0.533. The van der Waals surface area contributed by atoms with Crippen LogP contribution in [0.25, 0.3) is 0 Å². The Balaban J connectivity index is 1.92. The van der Waals surface area contributed by atoms with Gasteiger partial charge in [0.05, 0.1) is 13.2 Å². The summed E-state index contributed by atoms with van der Waals surface area (Å²) in [6.45, 7) is 5.09. The zero-order valence-electron chi connectivity index (χ0n) is 12.2.